The molecule has 0 aromatic carbocycles. The highest BCUT2D eigenvalue weighted by Gasteiger charge is 2.61. The molecule has 0 aromatic heterocycles. The molecule has 2 aliphatic heterocycles. The average Bonchev–Trinajstić information content (AvgIpc) is 2.81. The maximum absolute atomic E-state index is 6.37. The van der Waals surface area contributed by atoms with Gasteiger partial charge in [-0.05, 0) is 68.7 Å². The molecule has 0 radical (unpaired) electrons. The number of rotatable bonds is 6. The fraction of sp³-hybridized carbons (Fsp3) is 0.818. The molecule has 2 heterocycles. The summed E-state index contributed by atoms with van der Waals surface area (Å²) in [5.41, 5.74) is 2.17. The molecule has 2 saturated heterocycles. The van der Waals surface area contributed by atoms with Crippen molar-refractivity contribution in [2.24, 2.45) is 0 Å². The molecule has 0 N–H and O–H groups in total. The van der Waals surface area contributed by atoms with Crippen molar-refractivity contribution in [3.63, 3.8) is 0 Å². The van der Waals surface area contributed by atoms with E-state index in [2.05, 4.69) is 99.8 Å². The second kappa shape index (κ2) is 7.98. The van der Waals surface area contributed by atoms with Gasteiger partial charge in [-0.25, -0.2) is 0 Å². The zero-order valence-electron chi connectivity index (χ0n) is 20.8. The largest absolute Gasteiger partial charge is 0.462 e. The maximum atomic E-state index is 6.37. The standard InChI is InChI=1S/C22H42B2O4Si/c1-17(16-29(10,11)12)14-13-15-18(23-25-19(2,3)20(4,5)26-23)24-27-21(6,7)22(8,9)28-24/h13,15-16,18H,14H2,1-12H3/b15-13+,17-16+. The molecule has 2 aliphatic rings. The summed E-state index contributed by atoms with van der Waals surface area (Å²) in [6.45, 7) is 25.9. The van der Waals surface area contributed by atoms with E-state index in [1.165, 1.54) is 5.57 Å². The molecule has 0 aromatic rings. The van der Waals surface area contributed by atoms with Crippen LogP contribution in [0.5, 0.6) is 0 Å². The van der Waals surface area contributed by atoms with Crippen molar-refractivity contribution in [2.45, 2.75) is 116 Å². The van der Waals surface area contributed by atoms with E-state index < -0.39 is 22.3 Å². The van der Waals surface area contributed by atoms with Gasteiger partial charge in [0.15, 0.2) is 0 Å². The van der Waals surface area contributed by atoms with Crippen molar-refractivity contribution >= 4 is 22.3 Å². The molecule has 4 nitrogen and oxygen atoms in total. The van der Waals surface area contributed by atoms with E-state index in [1.54, 1.807) is 0 Å². The number of hydrogen-bond acceptors (Lipinski definition) is 4. The van der Waals surface area contributed by atoms with E-state index in [0.717, 1.165) is 6.42 Å². The Bertz CT molecular complexity index is 594. The maximum Gasteiger partial charge on any atom is 0.462 e. The summed E-state index contributed by atoms with van der Waals surface area (Å²) in [7, 11) is -2.04. The molecule has 7 heteroatoms. The third-order valence-electron chi connectivity index (χ3n) is 6.65. The first-order valence-corrected chi connectivity index (χ1v) is 14.5. The SMILES string of the molecule is C/C(=C\[Si](C)(C)C)C/C=C/C(B1OC(C)(C)C(C)(C)O1)B1OC(C)(C)C(C)(C)O1. The van der Waals surface area contributed by atoms with Crippen molar-refractivity contribution in [1.29, 1.82) is 0 Å². The third-order valence-corrected chi connectivity index (χ3v) is 8.01. The highest BCUT2D eigenvalue weighted by molar-refractivity contribution is 6.81. The first-order valence-electron chi connectivity index (χ1n) is 10.9. The molecule has 0 spiro atoms. The van der Waals surface area contributed by atoms with E-state index in [4.69, 9.17) is 18.6 Å². The van der Waals surface area contributed by atoms with Gasteiger partial charge in [0.2, 0.25) is 0 Å². The Kier molecular flexibility index (Phi) is 6.86. The quantitative estimate of drug-likeness (QED) is 0.399. The van der Waals surface area contributed by atoms with Crippen LogP contribution in [0, 0.1) is 0 Å². The van der Waals surface area contributed by atoms with Crippen LogP contribution in [-0.4, -0.2) is 44.7 Å². The smallest absolute Gasteiger partial charge is 0.403 e. The summed E-state index contributed by atoms with van der Waals surface area (Å²) >= 11 is 0. The first kappa shape index (κ1) is 24.9. The van der Waals surface area contributed by atoms with Gasteiger partial charge in [-0.1, -0.05) is 43.1 Å². The summed E-state index contributed by atoms with van der Waals surface area (Å²) < 4.78 is 25.5. The minimum absolute atomic E-state index is 0.142. The molecule has 29 heavy (non-hydrogen) atoms. The number of allylic oxidation sites excluding steroid dienone is 3. The van der Waals surface area contributed by atoms with Crippen molar-refractivity contribution in [2.75, 3.05) is 0 Å². The van der Waals surface area contributed by atoms with Gasteiger partial charge in [0.25, 0.3) is 0 Å². The van der Waals surface area contributed by atoms with Crippen LogP contribution in [-0.2, 0) is 18.6 Å². The van der Waals surface area contributed by atoms with Gasteiger partial charge >= 0.3 is 14.2 Å². The van der Waals surface area contributed by atoms with Crippen LogP contribution >= 0.6 is 0 Å². The Labute approximate surface area is 181 Å². The van der Waals surface area contributed by atoms with Crippen LogP contribution in [0.15, 0.2) is 23.4 Å². The van der Waals surface area contributed by atoms with Gasteiger partial charge in [-0.2, -0.15) is 0 Å². The van der Waals surface area contributed by atoms with E-state index in [-0.39, 0.29) is 28.1 Å². The molecular formula is C22H42B2O4Si. The van der Waals surface area contributed by atoms with Gasteiger partial charge in [0.1, 0.15) is 0 Å². The van der Waals surface area contributed by atoms with Crippen molar-refractivity contribution < 1.29 is 18.6 Å². The van der Waals surface area contributed by atoms with Gasteiger partial charge in [-0.3, -0.25) is 0 Å². The van der Waals surface area contributed by atoms with Crippen LogP contribution in [0.4, 0.5) is 0 Å². The number of hydrogen-bond donors (Lipinski definition) is 0. The summed E-state index contributed by atoms with van der Waals surface area (Å²) in [6.07, 6.45) is 5.30. The lowest BCUT2D eigenvalue weighted by Gasteiger charge is -2.32. The minimum Gasteiger partial charge on any atom is -0.403 e. The highest BCUT2D eigenvalue weighted by Crippen LogP contribution is 2.45. The third kappa shape index (κ3) is 5.68. The molecular weight excluding hydrogens is 378 g/mol. The zero-order chi connectivity index (χ0) is 22.5. The Morgan fingerprint density at radius 2 is 1.10 bits per heavy atom. The summed E-state index contributed by atoms with van der Waals surface area (Å²) in [6, 6.07) is 0. The van der Waals surface area contributed by atoms with E-state index in [0.29, 0.717) is 0 Å². The minimum atomic E-state index is -1.22. The van der Waals surface area contributed by atoms with Crippen molar-refractivity contribution in [3.8, 4) is 0 Å². The zero-order valence-corrected chi connectivity index (χ0v) is 21.8. The lowest BCUT2D eigenvalue weighted by molar-refractivity contribution is 0.00578. The van der Waals surface area contributed by atoms with Crippen LogP contribution in [0.25, 0.3) is 0 Å². The summed E-state index contributed by atoms with van der Waals surface area (Å²) in [4.78, 5) is 0. The van der Waals surface area contributed by atoms with Gasteiger partial charge in [-0.15, -0.1) is 0 Å². The Balaban J connectivity index is 2.26. The summed E-state index contributed by atoms with van der Waals surface area (Å²) in [5, 5.41) is 0. The van der Waals surface area contributed by atoms with E-state index >= 15 is 0 Å². The predicted octanol–water partition coefficient (Wildman–Crippen LogP) is 5.85. The Morgan fingerprint density at radius 3 is 1.41 bits per heavy atom. The molecule has 0 saturated carbocycles. The molecule has 0 unspecified atom stereocenters. The first-order chi connectivity index (χ1) is 12.9. The second-order valence-electron chi connectivity index (χ2n) is 11.8. The van der Waals surface area contributed by atoms with E-state index in [9.17, 15) is 0 Å². The lowest BCUT2D eigenvalue weighted by Crippen LogP contribution is -2.41. The second-order valence-corrected chi connectivity index (χ2v) is 16.8. The lowest BCUT2D eigenvalue weighted by atomic mass is 9.51. The topological polar surface area (TPSA) is 36.9 Å². The molecule has 2 fully saturated rings. The van der Waals surface area contributed by atoms with Crippen LogP contribution in [0.3, 0.4) is 0 Å². The average molecular weight is 420 g/mol. The van der Waals surface area contributed by atoms with Crippen LogP contribution in [0.1, 0.15) is 68.7 Å². The highest BCUT2D eigenvalue weighted by atomic mass is 28.3. The fourth-order valence-corrected chi connectivity index (χ4v) is 5.21. The molecule has 0 amide bonds. The van der Waals surface area contributed by atoms with Crippen LogP contribution < -0.4 is 0 Å². The molecule has 164 valence electrons. The van der Waals surface area contributed by atoms with Crippen molar-refractivity contribution in [1.82, 2.24) is 0 Å². The fourth-order valence-electron chi connectivity index (χ4n) is 3.61. The monoisotopic (exact) mass is 420 g/mol. The predicted molar refractivity (Wildman–Crippen MR) is 127 cm³/mol. The molecule has 0 atom stereocenters. The van der Waals surface area contributed by atoms with E-state index in [1.807, 2.05) is 0 Å². The Morgan fingerprint density at radius 1 is 0.759 bits per heavy atom. The van der Waals surface area contributed by atoms with Gasteiger partial charge in [0, 0.05) is 5.72 Å². The normalized spacial score (nSPS) is 26.2. The van der Waals surface area contributed by atoms with Crippen LogP contribution in [0.2, 0.25) is 25.4 Å². The van der Waals surface area contributed by atoms with Gasteiger partial charge in [0.05, 0.1) is 30.5 Å². The molecule has 0 bridgehead atoms. The molecule has 0 aliphatic carbocycles. The molecule has 2 rings (SSSR count). The van der Waals surface area contributed by atoms with Gasteiger partial charge < -0.3 is 18.6 Å². The Hall–Kier alpha value is -0.333. The van der Waals surface area contributed by atoms with Crippen molar-refractivity contribution in [3.05, 3.63) is 23.4 Å². The summed E-state index contributed by atoms with van der Waals surface area (Å²) in [5.74, 6) is 0.